The molecule has 0 fully saturated rings. The van der Waals surface area contributed by atoms with Gasteiger partial charge in [0, 0.05) is 0 Å². The van der Waals surface area contributed by atoms with E-state index in [0.717, 1.165) is 18.0 Å². The summed E-state index contributed by atoms with van der Waals surface area (Å²) in [4.78, 5) is 0. The van der Waals surface area contributed by atoms with Gasteiger partial charge in [-0.05, 0) is 30.9 Å². The molecule has 94 valence electrons. The fourth-order valence-corrected chi connectivity index (χ4v) is 4.54. The van der Waals surface area contributed by atoms with Gasteiger partial charge in [0.25, 0.3) is 0 Å². The normalized spacial score (nSPS) is 25.1. The van der Waals surface area contributed by atoms with Crippen molar-refractivity contribution in [3.8, 4) is 0 Å². The molecule has 0 atom stereocenters. The van der Waals surface area contributed by atoms with Gasteiger partial charge in [-0.2, -0.15) is 0 Å². The van der Waals surface area contributed by atoms with Crippen molar-refractivity contribution >= 4 is 39.2 Å². The van der Waals surface area contributed by atoms with E-state index in [-0.39, 0.29) is 0 Å². The molecule has 1 aliphatic carbocycles. The summed E-state index contributed by atoms with van der Waals surface area (Å²) in [7, 11) is 0. The minimum absolute atomic E-state index is 1.00. The Morgan fingerprint density at radius 1 is 0.750 bits per heavy atom. The Labute approximate surface area is 114 Å². The maximum Gasteiger partial charge on any atom is 0.368 e. The van der Waals surface area contributed by atoms with E-state index in [2.05, 4.69) is 6.08 Å². The molecular formula is C12H21Cl3Si. The van der Waals surface area contributed by atoms with Crippen LogP contribution in [0.4, 0.5) is 0 Å². The molecule has 0 aromatic heterocycles. The van der Waals surface area contributed by atoms with Crippen molar-refractivity contribution in [2.24, 2.45) is 0 Å². The highest BCUT2D eigenvalue weighted by molar-refractivity contribution is 7.67. The first-order valence-electron chi connectivity index (χ1n) is 6.37. The van der Waals surface area contributed by atoms with E-state index in [1.165, 1.54) is 51.4 Å². The third-order valence-electron chi connectivity index (χ3n) is 3.16. The smallest absolute Gasteiger partial charge is 0.121 e. The van der Waals surface area contributed by atoms with Crippen LogP contribution in [0.2, 0.25) is 0 Å². The van der Waals surface area contributed by atoms with Crippen LogP contribution in [0, 0.1) is 0 Å². The molecule has 0 aromatic carbocycles. The zero-order valence-electron chi connectivity index (χ0n) is 9.78. The molecular weight excluding hydrogens is 279 g/mol. The Balaban J connectivity index is 2.50. The molecule has 0 aromatic rings. The third-order valence-corrected chi connectivity index (χ3v) is 6.52. The van der Waals surface area contributed by atoms with E-state index >= 15 is 0 Å². The van der Waals surface area contributed by atoms with Crippen molar-refractivity contribution in [1.82, 2.24) is 0 Å². The minimum atomic E-state index is -2.60. The van der Waals surface area contributed by atoms with Gasteiger partial charge in [0.2, 0.25) is 0 Å². The van der Waals surface area contributed by atoms with Crippen LogP contribution < -0.4 is 0 Å². The van der Waals surface area contributed by atoms with E-state index in [1.807, 2.05) is 0 Å². The van der Waals surface area contributed by atoms with Crippen LogP contribution >= 0.6 is 33.2 Å². The Kier molecular flexibility index (Phi) is 7.46. The highest BCUT2D eigenvalue weighted by Gasteiger charge is 2.29. The van der Waals surface area contributed by atoms with Crippen LogP contribution in [0.25, 0.3) is 0 Å². The van der Waals surface area contributed by atoms with E-state index in [1.54, 1.807) is 0 Å². The van der Waals surface area contributed by atoms with Gasteiger partial charge in [0.05, 0.1) is 0 Å². The van der Waals surface area contributed by atoms with Gasteiger partial charge < -0.3 is 0 Å². The minimum Gasteiger partial charge on any atom is -0.121 e. The van der Waals surface area contributed by atoms with Crippen LogP contribution in [0.15, 0.2) is 11.3 Å². The zero-order chi connectivity index (χ0) is 11.9. The summed E-state index contributed by atoms with van der Waals surface area (Å²) in [5.74, 6) is 0. The van der Waals surface area contributed by atoms with E-state index in [9.17, 15) is 0 Å². The number of halogens is 3. The Morgan fingerprint density at radius 2 is 1.25 bits per heavy atom. The maximum atomic E-state index is 6.11. The van der Waals surface area contributed by atoms with Crippen LogP contribution in [0.1, 0.15) is 64.2 Å². The highest BCUT2D eigenvalue weighted by Crippen LogP contribution is 2.33. The summed E-state index contributed by atoms with van der Waals surface area (Å²) in [6.07, 6.45) is 14.8. The quantitative estimate of drug-likeness (QED) is 0.410. The molecule has 0 heterocycles. The van der Waals surface area contributed by atoms with Crippen LogP contribution in [-0.4, -0.2) is 6.00 Å². The fourth-order valence-electron chi connectivity index (χ4n) is 2.16. The first-order valence-corrected chi connectivity index (χ1v) is 11.4. The van der Waals surface area contributed by atoms with Gasteiger partial charge in [0.15, 0.2) is 0 Å². The maximum absolute atomic E-state index is 6.11. The fraction of sp³-hybridized carbons (Fsp3) is 0.833. The lowest BCUT2D eigenvalue weighted by molar-refractivity contribution is 0.565. The second-order valence-corrected chi connectivity index (χ2v) is 13.1. The molecule has 0 saturated heterocycles. The van der Waals surface area contributed by atoms with Crippen LogP contribution in [0.3, 0.4) is 0 Å². The third kappa shape index (κ3) is 6.54. The van der Waals surface area contributed by atoms with Crippen LogP contribution in [0.5, 0.6) is 0 Å². The summed E-state index contributed by atoms with van der Waals surface area (Å²) in [6, 6.07) is -2.60. The first-order chi connectivity index (χ1) is 7.61. The molecule has 0 aliphatic heterocycles. The molecule has 0 bridgehead atoms. The standard InChI is InChI=1S/C12H21Cl3Si/c13-16(14,15)12-10-8-6-4-2-1-3-5-7-9-11-12/h10H,1-9,11H2/b12-10+. The van der Waals surface area contributed by atoms with Gasteiger partial charge in [-0.15, -0.1) is 33.2 Å². The van der Waals surface area contributed by atoms with Crippen molar-refractivity contribution in [2.75, 3.05) is 0 Å². The summed E-state index contributed by atoms with van der Waals surface area (Å²) < 4.78 is 0. The summed E-state index contributed by atoms with van der Waals surface area (Å²) in [5, 5.41) is 1.14. The summed E-state index contributed by atoms with van der Waals surface area (Å²) >= 11 is 18.3. The van der Waals surface area contributed by atoms with Crippen molar-refractivity contribution < 1.29 is 0 Å². The predicted octanol–water partition coefficient (Wildman–Crippen LogP) is 6.02. The van der Waals surface area contributed by atoms with Gasteiger partial charge in [0.1, 0.15) is 0 Å². The predicted molar refractivity (Wildman–Crippen MR) is 77.6 cm³/mol. The number of allylic oxidation sites excluding steroid dienone is 2. The average molecular weight is 300 g/mol. The first kappa shape index (κ1) is 14.9. The molecule has 16 heavy (non-hydrogen) atoms. The lowest BCUT2D eigenvalue weighted by Gasteiger charge is -2.14. The van der Waals surface area contributed by atoms with Gasteiger partial charge in [-0.1, -0.05) is 44.6 Å². The Hall–Kier alpha value is 0.827. The van der Waals surface area contributed by atoms with Gasteiger partial charge in [-0.3, -0.25) is 0 Å². The topological polar surface area (TPSA) is 0 Å². The second kappa shape index (κ2) is 8.02. The van der Waals surface area contributed by atoms with Crippen molar-refractivity contribution in [3.05, 3.63) is 11.3 Å². The van der Waals surface area contributed by atoms with E-state index in [0.29, 0.717) is 0 Å². The van der Waals surface area contributed by atoms with Crippen molar-refractivity contribution in [3.63, 3.8) is 0 Å². The monoisotopic (exact) mass is 298 g/mol. The Morgan fingerprint density at radius 3 is 1.81 bits per heavy atom. The molecule has 0 amide bonds. The highest BCUT2D eigenvalue weighted by atomic mass is 35.8. The second-order valence-electron chi connectivity index (χ2n) is 4.59. The molecule has 0 saturated carbocycles. The molecule has 1 rings (SSSR count). The average Bonchev–Trinajstić information content (AvgIpc) is 2.16. The van der Waals surface area contributed by atoms with E-state index in [4.69, 9.17) is 33.2 Å². The number of hydrogen-bond donors (Lipinski definition) is 0. The van der Waals surface area contributed by atoms with Crippen molar-refractivity contribution in [2.45, 2.75) is 64.2 Å². The Bertz CT molecular complexity index is 221. The summed E-state index contributed by atoms with van der Waals surface area (Å²) in [6.45, 7) is 0. The van der Waals surface area contributed by atoms with Gasteiger partial charge >= 0.3 is 6.00 Å². The summed E-state index contributed by atoms with van der Waals surface area (Å²) in [5.41, 5.74) is 0. The molecule has 0 radical (unpaired) electrons. The van der Waals surface area contributed by atoms with Gasteiger partial charge in [-0.25, -0.2) is 0 Å². The molecule has 0 N–H and O–H groups in total. The number of rotatable bonds is 1. The van der Waals surface area contributed by atoms with Crippen LogP contribution in [-0.2, 0) is 0 Å². The molecule has 1 aliphatic rings. The molecule has 0 unspecified atom stereocenters. The van der Waals surface area contributed by atoms with Crippen molar-refractivity contribution in [1.29, 1.82) is 0 Å². The molecule has 0 nitrogen and oxygen atoms in total. The SMILES string of the molecule is Cl[Si](Cl)(Cl)/C1=C/CCCCCCCCCC1. The molecule has 4 heteroatoms. The lowest BCUT2D eigenvalue weighted by atomic mass is 10.0. The largest absolute Gasteiger partial charge is 0.368 e. The van der Waals surface area contributed by atoms with E-state index < -0.39 is 6.00 Å². The molecule has 0 spiro atoms. The number of hydrogen-bond acceptors (Lipinski definition) is 0. The lowest BCUT2D eigenvalue weighted by Crippen LogP contribution is -2.14. The zero-order valence-corrected chi connectivity index (χ0v) is 13.1.